The summed E-state index contributed by atoms with van der Waals surface area (Å²) in [7, 11) is 1.69. The van der Waals surface area contributed by atoms with Crippen LogP contribution in [0.5, 0.6) is 0 Å². The number of benzene rings is 1. The standard InChI is InChI=1S/C16H26N2O2.ClH/c1-16(2,9-10-20-3)12-18-15(19)14(11-17)13-7-5-4-6-8-13;/h4-8,14H,9-12,17H2,1-3H3,(H,18,19);1H. The first-order chi connectivity index (χ1) is 9.50. The molecule has 0 aromatic heterocycles. The zero-order valence-electron chi connectivity index (χ0n) is 13.1. The molecule has 0 heterocycles. The molecule has 1 amide bonds. The normalized spacial score (nSPS) is 12.4. The van der Waals surface area contributed by atoms with Crippen LogP contribution in [-0.4, -0.2) is 32.7 Å². The summed E-state index contributed by atoms with van der Waals surface area (Å²) >= 11 is 0. The fourth-order valence-electron chi connectivity index (χ4n) is 2.00. The predicted octanol–water partition coefficient (Wildman–Crippen LogP) is 2.33. The first kappa shape index (κ1) is 19.9. The summed E-state index contributed by atoms with van der Waals surface area (Å²) in [5, 5.41) is 3.01. The molecule has 0 fully saturated rings. The van der Waals surface area contributed by atoms with Gasteiger partial charge in [-0.3, -0.25) is 4.79 Å². The highest BCUT2D eigenvalue weighted by Gasteiger charge is 2.23. The number of carbonyl (C=O) groups excluding carboxylic acids is 1. The number of ether oxygens (including phenoxy) is 1. The van der Waals surface area contributed by atoms with Crippen LogP contribution in [-0.2, 0) is 9.53 Å². The third-order valence-electron chi connectivity index (χ3n) is 3.48. The topological polar surface area (TPSA) is 64.3 Å². The third-order valence-corrected chi connectivity index (χ3v) is 3.48. The number of methoxy groups -OCH3 is 1. The van der Waals surface area contributed by atoms with Gasteiger partial charge in [-0.2, -0.15) is 0 Å². The first-order valence-electron chi connectivity index (χ1n) is 7.02. The lowest BCUT2D eigenvalue weighted by atomic mass is 9.89. The second kappa shape index (κ2) is 9.77. The lowest BCUT2D eigenvalue weighted by molar-refractivity contribution is -0.122. The van der Waals surface area contributed by atoms with E-state index >= 15 is 0 Å². The minimum absolute atomic E-state index is 0. The Hall–Kier alpha value is -1.10. The Bertz CT molecular complexity index is 410. The summed E-state index contributed by atoms with van der Waals surface area (Å²) in [6, 6.07) is 9.66. The maximum absolute atomic E-state index is 12.3. The van der Waals surface area contributed by atoms with Gasteiger partial charge in [0, 0.05) is 26.8 Å². The molecular weight excluding hydrogens is 288 g/mol. The molecular formula is C16H27ClN2O2. The average Bonchev–Trinajstić information content (AvgIpc) is 2.45. The van der Waals surface area contributed by atoms with E-state index in [2.05, 4.69) is 19.2 Å². The number of hydrogen-bond donors (Lipinski definition) is 2. The highest BCUT2D eigenvalue weighted by molar-refractivity contribution is 5.85. The summed E-state index contributed by atoms with van der Waals surface area (Å²) < 4.78 is 5.09. The van der Waals surface area contributed by atoms with Crippen LogP contribution >= 0.6 is 12.4 Å². The third kappa shape index (κ3) is 6.93. The molecule has 0 aliphatic heterocycles. The SMILES string of the molecule is COCCC(C)(C)CNC(=O)C(CN)c1ccccc1.Cl. The van der Waals surface area contributed by atoms with Gasteiger partial charge in [-0.1, -0.05) is 44.2 Å². The molecule has 1 unspecified atom stereocenters. The zero-order valence-corrected chi connectivity index (χ0v) is 13.9. The van der Waals surface area contributed by atoms with Gasteiger partial charge in [0.2, 0.25) is 5.91 Å². The monoisotopic (exact) mass is 314 g/mol. The molecule has 0 spiro atoms. The zero-order chi connectivity index (χ0) is 15.0. The Labute approximate surface area is 133 Å². The van der Waals surface area contributed by atoms with Gasteiger partial charge in [-0.25, -0.2) is 0 Å². The van der Waals surface area contributed by atoms with Gasteiger partial charge in [0.25, 0.3) is 0 Å². The number of carbonyl (C=O) groups is 1. The van der Waals surface area contributed by atoms with E-state index in [0.29, 0.717) is 19.7 Å². The minimum Gasteiger partial charge on any atom is -0.385 e. The van der Waals surface area contributed by atoms with Gasteiger partial charge in [0.05, 0.1) is 5.92 Å². The number of hydrogen-bond acceptors (Lipinski definition) is 3. The molecule has 1 atom stereocenters. The van der Waals surface area contributed by atoms with Crippen molar-refractivity contribution < 1.29 is 9.53 Å². The van der Waals surface area contributed by atoms with Crippen molar-refractivity contribution in [3.8, 4) is 0 Å². The average molecular weight is 315 g/mol. The van der Waals surface area contributed by atoms with Crippen LogP contribution in [0.2, 0.25) is 0 Å². The summed E-state index contributed by atoms with van der Waals surface area (Å²) in [6.07, 6.45) is 0.905. The fourth-order valence-corrected chi connectivity index (χ4v) is 2.00. The second-order valence-corrected chi connectivity index (χ2v) is 5.82. The number of rotatable bonds is 8. The minimum atomic E-state index is -0.283. The molecule has 3 N–H and O–H groups in total. The lowest BCUT2D eigenvalue weighted by Crippen LogP contribution is -2.39. The molecule has 0 aliphatic rings. The van der Waals surface area contributed by atoms with Crippen LogP contribution in [0.4, 0.5) is 0 Å². The van der Waals surface area contributed by atoms with Crippen LogP contribution in [0.3, 0.4) is 0 Å². The molecule has 1 aromatic rings. The summed E-state index contributed by atoms with van der Waals surface area (Å²) in [5.41, 5.74) is 6.72. The van der Waals surface area contributed by atoms with Crippen molar-refractivity contribution in [3.63, 3.8) is 0 Å². The van der Waals surface area contributed by atoms with Gasteiger partial charge in [-0.15, -0.1) is 12.4 Å². The smallest absolute Gasteiger partial charge is 0.228 e. The summed E-state index contributed by atoms with van der Waals surface area (Å²) in [4.78, 5) is 12.3. The van der Waals surface area contributed by atoms with Crippen molar-refractivity contribution in [2.24, 2.45) is 11.1 Å². The van der Waals surface area contributed by atoms with E-state index < -0.39 is 0 Å². The largest absolute Gasteiger partial charge is 0.385 e. The first-order valence-corrected chi connectivity index (χ1v) is 7.02. The molecule has 1 rings (SSSR count). The molecule has 4 nitrogen and oxygen atoms in total. The Morgan fingerprint density at radius 1 is 1.33 bits per heavy atom. The van der Waals surface area contributed by atoms with E-state index in [1.54, 1.807) is 7.11 Å². The predicted molar refractivity (Wildman–Crippen MR) is 88.8 cm³/mol. The highest BCUT2D eigenvalue weighted by Crippen LogP contribution is 2.20. The Balaban J connectivity index is 0.00000400. The fraction of sp³-hybridized carbons (Fsp3) is 0.562. The second-order valence-electron chi connectivity index (χ2n) is 5.82. The number of nitrogens with one attached hydrogen (secondary N) is 1. The number of halogens is 1. The van der Waals surface area contributed by atoms with E-state index in [9.17, 15) is 4.79 Å². The van der Waals surface area contributed by atoms with Gasteiger partial charge < -0.3 is 15.8 Å². The maximum Gasteiger partial charge on any atom is 0.228 e. The van der Waals surface area contributed by atoms with Crippen LogP contribution in [0.25, 0.3) is 0 Å². The van der Waals surface area contributed by atoms with Crippen LogP contribution in [0.15, 0.2) is 30.3 Å². The summed E-state index contributed by atoms with van der Waals surface area (Å²) in [6.45, 7) is 5.87. The summed E-state index contributed by atoms with van der Waals surface area (Å²) in [5.74, 6) is -0.293. The Morgan fingerprint density at radius 2 is 1.95 bits per heavy atom. The molecule has 0 bridgehead atoms. The number of nitrogens with two attached hydrogens (primary N) is 1. The van der Waals surface area contributed by atoms with Gasteiger partial charge in [0.1, 0.15) is 0 Å². The molecule has 0 saturated heterocycles. The van der Waals surface area contributed by atoms with E-state index in [1.165, 1.54) is 0 Å². The van der Waals surface area contributed by atoms with Crippen molar-refractivity contribution >= 4 is 18.3 Å². The lowest BCUT2D eigenvalue weighted by Gasteiger charge is -2.26. The molecule has 0 radical (unpaired) electrons. The molecule has 21 heavy (non-hydrogen) atoms. The van der Waals surface area contributed by atoms with Crippen LogP contribution in [0.1, 0.15) is 31.7 Å². The highest BCUT2D eigenvalue weighted by atomic mass is 35.5. The molecule has 0 aliphatic carbocycles. The van der Waals surface area contributed by atoms with Gasteiger partial charge in [0.15, 0.2) is 0 Å². The Morgan fingerprint density at radius 3 is 2.48 bits per heavy atom. The van der Waals surface area contributed by atoms with Crippen molar-refractivity contribution in [3.05, 3.63) is 35.9 Å². The molecule has 1 aromatic carbocycles. The molecule has 120 valence electrons. The van der Waals surface area contributed by atoms with Crippen molar-refractivity contribution in [2.75, 3.05) is 26.8 Å². The number of amides is 1. The van der Waals surface area contributed by atoms with E-state index in [1.807, 2.05) is 30.3 Å². The molecule has 0 saturated carbocycles. The van der Waals surface area contributed by atoms with E-state index in [4.69, 9.17) is 10.5 Å². The van der Waals surface area contributed by atoms with Gasteiger partial charge >= 0.3 is 0 Å². The van der Waals surface area contributed by atoms with E-state index in [-0.39, 0.29) is 29.6 Å². The Kier molecular flexibility index (Phi) is 9.26. The van der Waals surface area contributed by atoms with Crippen LogP contribution < -0.4 is 11.1 Å². The van der Waals surface area contributed by atoms with Crippen molar-refractivity contribution in [1.82, 2.24) is 5.32 Å². The molecule has 5 heteroatoms. The van der Waals surface area contributed by atoms with E-state index in [0.717, 1.165) is 12.0 Å². The maximum atomic E-state index is 12.3. The van der Waals surface area contributed by atoms with Crippen LogP contribution in [0, 0.1) is 5.41 Å². The quantitative estimate of drug-likeness (QED) is 0.774. The van der Waals surface area contributed by atoms with Gasteiger partial charge in [-0.05, 0) is 17.4 Å². The van der Waals surface area contributed by atoms with Crippen molar-refractivity contribution in [2.45, 2.75) is 26.2 Å². The van der Waals surface area contributed by atoms with Crippen molar-refractivity contribution in [1.29, 1.82) is 0 Å².